The van der Waals surface area contributed by atoms with Crippen LogP contribution in [-0.2, 0) is 22.4 Å². The third kappa shape index (κ3) is 7.95. The van der Waals surface area contributed by atoms with Crippen molar-refractivity contribution in [3.05, 3.63) is 67.9 Å². The lowest BCUT2D eigenvalue weighted by molar-refractivity contribution is -0.142. The molecule has 39 heavy (non-hydrogen) atoms. The zero-order valence-corrected chi connectivity index (χ0v) is 26.7. The van der Waals surface area contributed by atoms with Gasteiger partial charge in [0, 0.05) is 23.8 Å². The van der Waals surface area contributed by atoms with Gasteiger partial charge in [-0.2, -0.15) is 0 Å². The zero-order chi connectivity index (χ0) is 28.4. The smallest absolute Gasteiger partial charge is 0.310 e. The van der Waals surface area contributed by atoms with E-state index in [9.17, 15) is 9.59 Å². The Balaban J connectivity index is 1.88. The number of rotatable bonds is 16. The number of ketones is 1. The summed E-state index contributed by atoms with van der Waals surface area (Å²) in [5.41, 5.74) is 3.75. The maximum absolute atomic E-state index is 14.0. The number of aromatic nitrogens is 1. The van der Waals surface area contributed by atoms with Gasteiger partial charge in [-0.1, -0.05) is 33.3 Å². The molecule has 0 saturated carbocycles. The number of fused-ring (bicyclic) bond motifs is 1. The van der Waals surface area contributed by atoms with Crippen LogP contribution in [0.4, 0.5) is 0 Å². The summed E-state index contributed by atoms with van der Waals surface area (Å²) in [5.74, 6) is 0.308. The number of benzene rings is 1. The van der Waals surface area contributed by atoms with E-state index in [1.807, 2.05) is 40.9 Å². The van der Waals surface area contributed by atoms with Gasteiger partial charge in [0.1, 0.15) is 5.75 Å². The molecule has 0 unspecified atom stereocenters. The van der Waals surface area contributed by atoms with Crippen molar-refractivity contribution in [3.63, 3.8) is 0 Å². The molecular formula is C31H40Br2N2O4. The number of nitrogens with zero attached hydrogens (tertiary/aromatic N) is 2. The fourth-order valence-electron chi connectivity index (χ4n) is 5.04. The van der Waals surface area contributed by atoms with E-state index in [1.165, 1.54) is 0 Å². The molecule has 0 fully saturated rings. The second kappa shape index (κ2) is 15.6. The van der Waals surface area contributed by atoms with E-state index in [-0.39, 0.29) is 18.2 Å². The molecule has 2 heterocycles. The second-order valence-corrected chi connectivity index (χ2v) is 11.3. The molecule has 2 aromatic heterocycles. The van der Waals surface area contributed by atoms with Crippen molar-refractivity contribution in [2.24, 2.45) is 0 Å². The molecule has 0 aliphatic heterocycles. The summed E-state index contributed by atoms with van der Waals surface area (Å²) in [6.45, 7) is 12.4. The molecule has 0 radical (unpaired) electrons. The van der Waals surface area contributed by atoms with Crippen LogP contribution in [0.25, 0.3) is 5.52 Å². The van der Waals surface area contributed by atoms with Crippen molar-refractivity contribution >= 4 is 49.1 Å². The molecule has 1 aromatic carbocycles. The first kappa shape index (κ1) is 31.4. The van der Waals surface area contributed by atoms with E-state index in [4.69, 9.17) is 9.47 Å². The molecule has 0 N–H and O–H groups in total. The average molecular weight is 664 g/mol. The van der Waals surface area contributed by atoms with Crippen molar-refractivity contribution < 1.29 is 19.1 Å². The molecule has 212 valence electrons. The fraction of sp³-hybridized carbons (Fsp3) is 0.484. The number of hydrogen-bond acceptors (Lipinski definition) is 5. The molecule has 0 spiro atoms. The van der Waals surface area contributed by atoms with Crippen LogP contribution in [0.15, 0.2) is 45.5 Å². The lowest BCUT2D eigenvalue weighted by atomic mass is 9.98. The maximum atomic E-state index is 14.0. The summed E-state index contributed by atoms with van der Waals surface area (Å²) in [6.07, 6.45) is 6.79. The van der Waals surface area contributed by atoms with Gasteiger partial charge in [0.05, 0.1) is 34.3 Å². The lowest BCUT2D eigenvalue weighted by Crippen LogP contribution is -2.27. The van der Waals surface area contributed by atoms with Gasteiger partial charge < -0.3 is 18.8 Å². The fourth-order valence-corrected chi connectivity index (χ4v) is 6.46. The minimum atomic E-state index is -0.287. The van der Waals surface area contributed by atoms with Crippen LogP contribution in [0.2, 0.25) is 0 Å². The van der Waals surface area contributed by atoms with Crippen molar-refractivity contribution in [1.82, 2.24) is 9.30 Å². The average Bonchev–Trinajstić information content (AvgIpc) is 3.20. The minimum absolute atomic E-state index is 0.0996. The Labute approximate surface area is 249 Å². The number of ether oxygens (including phenoxy) is 2. The van der Waals surface area contributed by atoms with Crippen LogP contribution >= 0.6 is 31.9 Å². The SMILES string of the molecule is CCCc1c(CC(=O)OCC)c2ccccn2c1C(=O)c1cc(Br)c(OCCCN(CCC)CCC)c(Br)c1. The summed E-state index contributed by atoms with van der Waals surface area (Å²) in [4.78, 5) is 29.0. The molecule has 0 aliphatic carbocycles. The van der Waals surface area contributed by atoms with Gasteiger partial charge in [-0.25, -0.2) is 0 Å². The number of carbonyl (C=O) groups is 2. The Kier molecular flexibility index (Phi) is 12.5. The standard InChI is InChI=1S/C31H40Br2N2O4/c1-5-12-23-24(21-28(36)38-8-4)27-13-9-10-17-35(27)29(23)30(37)22-19-25(32)31(26(33)20-22)39-18-11-16-34(14-6-2)15-7-3/h9-10,13,17,19-20H,5-8,11-12,14-16,18,21H2,1-4H3. The van der Waals surface area contributed by atoms with E-state index in [0.29, 0.717) is 36.6 Å². The molecule has 0 amide bonds. The number of hydrogen-bond donors (Lipinski definition) is 0. The number of halogens is 2. The first-order valence-corrected chi connectivity index (χ1v) is 15.6. The van der Waals surface area contributed by atoms with Crippen LogP contribution in [0, 0.1) is 0 Å². The highest BCUT2D eigenvalue weighted by Gasteiger charge is 2.26. The number of carbonyl (C=O) groups excluding carboxylic acids is 2. The van der Waals surface area contributed by atoms with E-state index in [2.05, 4.69) is 57.5 Å². The highest BCUT2D eigenvalue weighted by Crippen LogP contribution is 2.36. The predicted molar refractivity (Wildman–Crippen MR) is 164 cm³/mol. The zero-order valence-electron chi connectivity index (χ0n) is 23.5. The topological polar surface area (TPSA) is 60.3 Å². The molecule has 6 nitrogen and oxygen atoms in total. The van der Waals surface area contributed by atoms with Gasteiger partial charge in [0.15, 0.2) is 0 Å². The second-order valence-electron chi connectivity index (χ2n) is 9.64. The Hall–Kier alpha value is -2.16. The summed E-state index contributed by atoms with van der Waals surface area (Å²) < 4.78 is 14.7. The van der Waals surface area contributed by atoms with Crippen molar-refractivity contribution in [1.29, 1.82) is 0 Å². The van der Waals surface area contributed by atoms with Crippen LogP contribution in [0.5, 0.6) is 5.75 Å². The van der Waals surface area contributed by atoms with Crippen molar-refractivity contribution in [3.8, 4) is 5.75 Å². The van der Waals surface area contributed by atoms with Gasteiger partial charge in [0.25, 0.3) is 0 Å². The Morgan fingerprint density at radius 2 is 1.62 bits per heavy atom. The minimum Gasteiger partial charge on any atom is -0.491 e. The van der Waals surface area contributed by atoms with E-state index in [1.54, 1.807) is 6.92 Å². The van der Waals surface area contributed by atoms with Crippen LogP contribution in [0.1, 0.15) is 80.6 Å². The van der Waals surface area contributed by atoms with Gasteiger partial charge in [0.2, 0.25) is 5.78 Å². The maximum Gasteiger partial charge on any atom is 0.310 e. The molecular weight excluding hydrogens is 624 g/mol. The molecule has 0 bridgehead atoms. The number of pyridine rings is 1. The molecule has 3 rings (SSSR count). The molecule has 8 heteroatoms. The Bertz CT molecular complexity index is 1240. The summed E-state index contributed by atoms with van der Waals surface area (Å²) in [6, 6.07) is 9.43. The van der Waals surface area contributed by atoms with Crippen LogP contribution in [0.3, 0.4) is 0 Å². The quantitative estimate of drug-likeness (QED) is 0.0895. The van der Waals surface area contributed by atoms with E-state index < -0.39 is 0 Å². The molecule has 3 aromatic rings. The van der Waals surface area contributed by atoms with Crippen LogP contribution < -0.4 is 4.74 Å². The third-order valence-electron chi connectivity index (χ3n) is 6.61. The van der Waals surface area contributed by atoms with Crippen molar-refractivity contribution in [2.45, 2.75) is 66.2 Å². The van der Waals surface area contributed by atoms with E-state index in [0.717, 1.165) is 70.9 Å². The van der Waals surface area contributed by atoms with Crippen LogP contribution in [-0.4, -0.2) is 53.9 Å². The molecule has 0 aliphatic rings. The van der Waals surface area contributed by atoms with Gasteiger partial charge in [-0.3, -0.25) is 9.59 Å². The summed E-state index contributed by atoms with van der Waals surface area (Å²) in [5, 5.41) is 0. The highest BCUT2D eigenvalue weighted by atomic mass is 79.9. The third-order valence-corrected chi connectivity index (χ3v) is 7.78. The van der Waals surface area contributed by atoms with Gasteiger partial charge in [-0.15, -0.1) is 0 Å². The van der Waals surface area contributed by atoms with Gasteiger partial charge >= 0.3 is 5.97 Å². The lowest BCUT2D eigenvalue weighted by Gasteiger charge is -2.21. The van der Waals surface area contributed by atoms with E-state index >= 15 is 0 Å². The highest BCUT2D eigenvalue weighted by molar-refractivity contribution is 9.11. The normalized spacial score (nSPS) is 11.4. The molecule has 0 atom stereocenters. The Morgan fingerprint density at radius 3 is 2.23 bits per heavy atom. The Morgan fingerprint density at radius 1 is 0.923 bits per heavy atom. The number of esters is 1. The summed E-state index contributed by atoms with van der Waals surface area (Å²) in [7, 11) is 0. The van der Waals surface area contributed by atoms with Gasteiger partial charge in [-0.05, 0) is 113 Å². The monoisotopic (exact) mass is 662 g/mol. The summed E-state index contributed by atoms with van der Waals surface area (Å²) >= 11 is 7.28. The first-order chi connectivity index (χ1) is 18.9. The largest absolute Gasteiger partial charge is 0.491 e. The first-order valence-electron chi connectivity index (χ1n) is 14.0. The van der Waals surface area contributed by atoms with Crippen molar-refractivity contribution in [2.75, 3.05) is 32.8 Å². The predicted octanol–water partition coefficient (Wildman–Crippen LogP) is 7.64. The molecule has 0 saturated heterocycles.